The van der Waals surface area contributed by atoms with Gasteiger partial charge >= 0.3 is 0 Å². The van der Waals surface area contributed by atoms with Crippen molar-refractivity contribution in [3.05, 3.63) is 54.4 Å². The second-order valence-corrected chi connectivity index (χ2v) is 5.84. The van der Waals surface area contributed by atoms with Crippen molar-refractivity contribution in [3.8, 4) is 17.1 Å². The first-order valence-electron chi connectivity index (χ1n) is 7.74. The number of hydrogen-bond acceptors (Lipinski definition) is 4. The lowest BCUT2D eigenvalue weighted by atomic mass is 9.94. The maximum Gasteiger partial charge on any atom is 0.253 e. The van der Waals surface area contributed by atoms with E-state index in [2.05, 4.69) is 26.8 Å². The average molecular weight is 320 g/mol. The Balaban J connectivity index is 1.90. The fourth-order valence-electron chi connectivity index (χ4n) is 3.17. The van der Waals surface area contributed by atoms with E-state index in [1.807, 2.05) is 18.2 Å². The highest BCUT2D eigenvalue weighted by molar-refractivity contribution is 5.99. The molecule has 3 N–H and O–H groups in total. The molecule has 6 heteroatoms. The standard InChI is InChI=1S/C18H16N4O2/c1-2-3-10-9-20-18(24)12-8-14(21-16(10)12)11-6-7-19-13-4-5-15(23)22-17(11)13/h2,4-8,10,21H,1,3,9H2,(H,20,24)(H,22,23). The average Bonchev–Trinajstić information content (AvgIpc) is 3.03. The zero-order valence-corrected chi connectivity index (χ0v) is 12.9. The first-order chi connectivity index (χ1) is 11.7. The van der Waals surface area contributed by atoms with Gasteiger partial charge in [-0.2, -0.15) is 0 Å². The van der Waals surface area contributed by atoms with Gasteiger partial charge in [-0.25, -0.2) is 4.98 Å². The predicted octanol–water partition coefficient (Wildman–Crippen LogP) is 2.73. The smallest absolute Gasteiger partial charge is 0.253 e. The number of aromatic amines is 1. The zero-order valence-electron chi connectivity index (χ0n) is 12.9. The molecule has 3 aromatic heterocycles. The van der Waals surface area contributed by atoms with Crippen LogP contribution in [0, 0.1) is 0 Å². The van der Waals surface area contributed by atoms with Gasteiger partial charge in [-0.15, -0.1) is 6.58 Å². The number of rotatable bonds is 3. The summed E-state index contributed by atoms with van der Waals surface area (Å²) in [5.41, 5.74) is 4.43. The van der Waals surface area contributed by atoms with E-state index in [-0.39, 0.29) is 17.7 Å². The number of nitrogens with zero attached hydrogens (tertiary/aromatic N) is 2. The van der Waals surface area contributed by atoms with Gasteiger partial charge in [-0.1, -0.05) is 6.08 Å². The first-order valence-corrected chi connectivity index (χ1v) is 7.74. The van der Waals surface area contributed by atoms with E-state index < -0.39 is 0 Å². The largest absolute Gasteiger partial charge is 0.493 e. The van der Waals surface area contributed by atoms with E-state index in [1.165, 1.54) is 6.07 Å². The molecule has 6 nitrogen and oxygen atoms in total. The van der Waals surface area contributed by atoms with E-state index in [1.54, 1.807) is 12.3 Å². The lowest BCUT2D eigenvalue weighted by molar-refractivity contribution is 0.0940. The van der Waals surface area contributed by atoms with E-state index in [9.17, 15) is 9.90 Å². The number of aromatic hydroxyl groups is 1. The van der Waals surface area contributed by atoms with E-state index in [0.29, 0.717) is 23.1 Å². The Morgan fingerprint density at radius 3 is 3.04 bits per heavy atom. The van der Waals surface area contributed by atoms with Crippen LogP contribution in [0.25, 0.3) is 22.3 Å². The van der Waals surface area contributed by atoms with E-state index in [0.717, 1.165) is 23.4 Å². The van der Waals surface area contributed by atoms with E-state index in [4.69, 9.17) is 0 Å². The SMILES string of the molecule is C=CCC1CNC(=O)c2cc(-c3ccnc4ccc(O)nc34)[nH]c21. The van der Waals surface area contributed by atoms with Crippen molar-refractivity contribution in [2.45, 2.75) is 12.3 Å². The van der Waals surface area contributed by atoms with Gasteiger partial charge < -0.3 is 15.4 Å². The fourth-order valence-corrected chi connectivity index (χ4v) is 3.17. The van der Waals surface area contributed by atoms with Crippen molar-refractivity contribution in [1.29, 1.82) is 0 Å². The van der Waals surface area contributed by atoms with Crippen LogP contribution in [-0.4, -0.2) is 32.5 Å². The zero-order chi connectivity index (χ0) is 16.7. The number of carbonyl (C=O) groups excluding carboxylic acids is 1. The molecule has 1 aliphatic rings. The molecule has 0 aromatic carbocycles. The second kappa shape index (κ2) is 5.49. The summed E-state index contributed by atoms with van der Waals surface area (Å²) >= 11 is 0. The van der Waals surface area contributed by atoms with Crippen LogP contribution < -0.4 is 5.32 Å². The van der Waals surface area contributed by atoms with Crippen molar-refractivity contribution in [3.63, 3.8) is 0 Å². The molecular weight excluding hydrogens is 304 g/mol. The van der Waals surface area contributed by atoms with Crippen LogP contribution in [-0.2, 0) is 0 Å². The van der Waals surface area contributed by atoms with Crippen LogP contribution in [0.15, 0.2) is 43.1 Å². The number of allylic oxidation sites excluding steroid dienone is 1. The van der Waals surface area contributed by atoms with Crippen LogP contribution >= 0.6 is 0 Å². The lowest BCUT2D eigenvalue weighted by Gasteiger charge is -2.21. The summed E-state index contributed by atoms with van der Waals surface area (Å²) in [5, 5.41) is 12.6. The molecule has 24 heavy (non-hydrogen) atoms. The maximum atomic E-state index is 12.2. The number of pyridine rings is 2. The summed E-state index contributed by atoms with van der Waals surface area (Å²) in [6.07, 6.45) is 4.33. The molecule has 0 saturated carbocycles. The Hall–Kier alpha value is -3.15. The Kier molecular flexibility index (Phi) is 3.30. The van der Waals surface area contributed by atoms with Gasteiger partial charge in [0.25, 0.3) is 5.91 Å². The van der Waals surface area contributed by atoms with Crippen LogP contribution in [0.2, 0.25) is 0 Å². The van der Waals surface area contributed by atoms with Crippen LogP contribution in [0.3, 0.4) is 0 Å². The van der Waals surface area contributed by atoms with Gasteiger partial charge in [0.2, 0.25) is 5.88 Å². The molecule has 0 radical (unpaired) electrons. The third-order valence-corrected chi connectivity index (χ3v) is 4.32. The first kappa shape index (κ1) is 14.4. The van der Waals surface area contributed by atoms with Gasteiger partial charge in [0.05, 0.1) is 11.1 Å². The Bertz CT molecular complexity index is 961. The number of amides is 1. The normalized spacial score (nSPS) is 16.7. The van der Waals surface area contributed by atoms with Gasteiger partial charge in [0.15, 0.2) is 0 Å². The van der Waals surface area contributed by atoms with Crippen LogP contribution in [0.5, 0.6) is 5.88 Å². The number of fused-ring (bicyclic) bond motifs is 2. The van der Waals surface area contributed by atoms with Crippen molar-refractivity contribution in [1.82, 2.24) is 20.3 Å². The minimum atomic E-state index is -0.0815. The summed E-state index contributed by atoms with van der Waals surface area (Å²) in [5.74, 6) is 0.0377. The molecule has 0 bridgehead atoms. The van der Waals surface area contributed by atoms with E-state index >= 15 is 0 Å². The molecule has 120 valence electrons. The summed E-state index contributed by atoms with van der Waals surface area (Å²) < 4.78 is 0. The molecule has 0 saturated heterocycles. The highest BCUT2D eigenvalue weighted by Crippen LogP contribution is 2.33. The van der Waals surface area contributed by atoms with Crippen LogP contribution in [0.1, 0.15) is 28.4 Å². The topological polar surface area (TPSA) is 90.9 Å². The third kappa shape index (κ3) is 2.23. The molecule has 1 atom stereocenters. The summed E-state index contributed by atoms with van der Waals surface area (Å²) in [6.45, 7) is 4.38. The number of hydrogen-bond donors (Lipinski definition) is 3. The van der Waals surface area contributed by atoms with Crippen molar-refractivity contribution in [2.24, 2.45) is 0 Å². The number of nitrogens with one attached hydrogen (secondary N) is 2. The number of aromatic nitrogens is 3. The van der Waals surface area contributed by atoms with Gasteiger partial charge in [0.1, 0.15) is 5.52 Å². The Morgan fingerprint density at radius 1 is 1.33 bits per heavy atom. The van der Waals surface area contributed by atoms with Gasteiger partial charge in [-0.05, 0) is 24.6 Å². The monoisotopic (exact) mass is 320 g/mol. The second-order valence-electron chi connectivity index (χ2n) is 5.84. The quantitative estimate of drug-likeness (QED) is 0.647. The molecular formula is C18H16N4O2. The molecule has 1 amide bonds. The van der Waals surface area contributed by atoms with Crippen molar-refractivity contribution >= 4 is 16.9 Å². The highest BCUT2D eigenvalue weighted by Gasteiger charge is 2.27. The minimum absolute atomic E-state index is 0.0599. The minimum Gasteiger partial charge on any atom is -0.493 e. The Morgan fingerprint density at radius 2 is 2.21 bits per heavy atom. The van der Waals surface area contributed by atoms with Gasteiger partial charge in [0, 0.05) is 41.7 Å². The Labute approximate surface area is 138 Å². The molecule has 1 unspecified atom stereocenters. The number of carbonyl (C=O) groups is 1. The molecule has 4 rings (SSSR count). The third-order valence-electron chi connectivity index (χ3n) is 4.32. The van der Waals surface area contributed by atoms with Crippen molar-refractivity contribution < 1.29 is 9.90 Å². The molecule has 3 aromatic rings. The van der Waals surface area contributed by atoms with Crippen LogP contribution in [0.4, 0.5) is 0 Å². The fraction of sp³-hybridized carbons (Fsp3) is 0.167. The summed E-state index contributed by atoms with van der Waals surface area (Å²) in [7, 11) is 0. The van der Waals surface area contributed by atoms with Crippen molar-refractivity contribution in [2.75, 3.05) is 6.54 Å². The molecule has 0 aliphatic carbocycles. The molecule has 0 spiro atoms. The summed E-state index contributed by atoms with van der Waals surface area (Å²) in [6, 6.07) is 6.89. The van der Waals surface area contributed by atoms with Gasteiger partial charge in [-0.3, -0.25) is 9.78 Å². The molecule has 1 aliphatic heterocycles. The maximum absolute atomic E-state index is 12.2. The predicted molar refractivity (Wildman–Crippen MR) is 90.9 cm³/mol. The molecule has 4 heterocycles. The lowest BCUT2D eigenvalue weighted by Crippen LogP contribution is -2.34. The molecule has 0 fully saturated rings. The number of H-pyrrole nitrogens is 1. The highest BCUT2D eigenvalue weighted by atomic mass is 16.3. The summed E-state index contributed by atoms with van der Waals surface area (Å²) in [4.78, 5) is 24.0.